The van der Waals surface area contributed by atoms with E-state index < -0.39 is 18.1 Å². The molecule has 2 nitrogen and oxygen atoms in total. The van der Waals surface area contributed by atoms with Gasteiger partial charge >= 0.3 is 96.0 Å². The minimum absolute atomic E-state index is 0.0707. The number of amides is 1. The summed E-state index contributed by atoms with van der Waals surface area (Å²) in [6.07, 6.45) is 0.415. The van der Waals surface area contributed by atoms with Crippen molar-refractivity contribution in [2.75, 3.05) is 5.88 Å². The molecule has 75 valence electrons. The van der Waals surface area contributed by atoms with Crippen LogP contribution in [0.15, 0.2) is 30.3 Å². The molecule has 0 aliphatic carbocycles. The van der Waals surface area contributed by atoms with E-state index in [1.165, 1.54) is 3.87 Å². The molecule has 14 heavy (non-hydrogen) atoms. The first kappa shape index (κ1) is 11.8. The molecule has 1 N–H and O–H groups in total. The molecule has 0 atom stereocenters. The maximum atomic E-state index is 11.3. The Kier molecular flexibility index (Phi) is 5.24. The summed E-state index contributed by atoms with van der Waals surface area (Å²) < 4.78 is 4.31. The first-order chi connectivity index (χ1) is 6.74. The number of halogens is 1. The van der Waals surface area contributed by atoms with Crippen molar-refractivity contribution in [3.63, 3.8) is 0 Å². The number of carbonyl (C=O) groups excluding carboxylic acids is 1. The van der Waals surface area contributed by atoms with Gasteiger partial charge in [0.2, 0.25) is 0 Å². The fraction of sp³-hybridized carbons (Fsp3) is 0.300. The van der Waals surface area contributed by atoms with Crippen molar-refractivity contribution in [3.8, 4) is 0 Å². The molecule has 0 radical (unpaired) electrons. The van der Waals surface area contributed by atoms with Crippen molar-refractivity contribution >= 4 is 21.4 Å². The summed E-state index contributed by atoms with van der Waals surface area (Å²) in [7, 11) is 0. The van der Waals surface area contributed by atoms with Crippen molar-refractivity contribution in [1.29, 1.82) is 0 Å². The first-order valence-corrected chi connectivity index (χ1v) is 8.14. The van der Waals surface area contributed by atoms with E-state index in [9.17, 15) is 4.79 Å². The van der Waals surface area contributed by atoms with E-state index in [0.717, 1.165) is 0 Å². The molecule has 1 aromatic carbocycles. The average molecular weight is 247 g/mol. The monoisotopic (exact) mass is 246 g/mol. The van der Waals surface area contributed by atoms with Crippen LogP contribution in [0.4, 0.5) is 0 Å². The zero-order valence-electron chi connectivity index (χ0n) is 8.09. The second-order valence-corrected chi connectivity index (χ2v) is 6.60. The Morgan fingerprint density at radius 3 is 2.64 bits per heavy atom. The number of benzene rings is 1. The Bertz CT molecular complexity index is 291. The number of hydrogen-bond acceptors (Lipinski definition) is 1. The van der Waals surface area contributed by atoms with E-state index in [1.807, 2.05) is 18.2 Å². The third kappa shape index (κ3) is 3.83. The van der Waals surface area contributed by atoms with Crippen LogP contribution >= 0.6 is 11.6 Å². The van der Waals surface area contributed by atoms with Crippen molar-refractivity contribution < 1.29 is 22.9 Å². The molecule has 0 aromatic heterocycles. The molecule has 1 amide bonds. The summed E-state index contributed by atoms with van der Waals surface area (Å²) in [5.74, 6) is 0.466. The summed E-state index contributed by atoms with van der Waals surface area (Å²) in [5.41, 5.74) is 0. The first-order valence-electron chi connectivity index (χ1n) is 4.49. The molecule has 0 fully saturated rings. The summed E-state index contributed by atoms with van der Waals surface area (Å²) in [6.45, 7) is 0. The second-order valence-electron chi connectivity index (χ2n) is 2.98. The van der Waals surface area contributed by atoms with E-state index in [2.05, 4.69) is 21.2 Å². The number of carbonyl (C=O) groups is 1. The van der Waals surface area contributed by atoms with Crippen molar-refractivity contribution in [1.82, 2.24) is 3.80 Å². The predicted octanol–water partition coefficient (Wildman–Crippen LogP) is 1.64. The summed E-state index contributed by atoms with van der Waals surface area (Å²) >= 11 is 3.90. The number of alkyl halides is 1. The molecule has 1 aromatic rings. The van der Waals surface area contributed by atoms with Gasteiger partial charge in [0.15, 0.2) is 0 Å². The summed E-state index contributed by atoms with van der Waals surface area (Å²) in [6, 6.07) is 10.1. The standard InChI is InChI=1S/C6H5.C3H6ClNO.CH3.Ti/c1-2-4-6-5-3-1;4-2-1-3(5)6;;/h1-5H;1-2H2,(H2,5,6);1H3;/q;;;+1/p-1. The molecule has 1 rings (SSSR count). The van der Waals surface area contributed by atoms with Gasteiger partial charge in [0.25, 0.3) is 0 Å². The summed E-state index contributed by atoms with van der Waals surface area (Å²) in [4.78, 5) is 11.3. The van der Waals surface area contributed by atoms with Crippen LogP contribution in [0.5, 0.6) is 0 Å². The molecule has 0 aliphatic rings. The molecule has 0 unspecified atom stereocenters. The zero-order valence-corrected chi connectivity index (χ0v) is 10.4. The maximum absolute atomic E-state index is 11.3. The van der Waals surface area contributed by atoms with Crippen LogP contribution in [-0.4, -0.2) is 11.8 Å². The molecule has 0 heterocycles. The van der Waals surface area contributed by atoms with Gasteiger partial charge < -0.3 is 0 Å². The third-order valence-electron chi connectivity index (χ3n) is 1.86. The number of nitrogens with one attached hydrogen (secondary N) is 1. The van der Waals surface area contributed by atoms with Gasteiger partial charge in [-0.25, -0.2) is 0 Å². The van der Waals surface area contributed by atoms with Gasteiger partial charge in [-0.2, -0.15) is 0 Å². The zero-order chi connectivity index (χ0) is 10.4. The molecule has 0 bridgehead atoms. The molecule has 0 aliphatic heterocycles. The summed E-state index contributed by atoms with van der Waals surface area (Å²) in [5, 5.41) is 2.13. The van der Waals surface area contributed by atoms with E-state index >= 15 is 0 Å². The molecular weight excluding hydrogens is 233 g/mol. The normalized spacial score (nSPS) is 9.57. The fourth-order valence-corrected chi connectivity index (χ4v) is 3.44. The predicted molar refractivity (Wildman–Crippen MR) is 55.4 cm³/mol. The van der Waals surface area contributed by atoms with Crippen LogP contribution in [0, 0.1) is 0 Å². The Morgan fingerprint density at radius 2 is 2.07 bits per heavy atom. The van der Waals surface area contributed by atoms with Crippen molar-refractivity contribution in [2.45, 2.75) is 11.6 Å². The fourth-order valence-electron chi connectivity index (χ4n) is 1.12. The van der Waals surface area contributed by atoms with Gasteiger partial charge in [0, 0.05) is 0 Å². The van der Waals surface area contributed by atoms with Crippen LogP contribution in [0.1, 0.15) is 6.42 Å². The molecule has 0 saturated heterocycles. The molecular formula is C10H13ClNOTi. The van der Waals surface area contributed by atoms with Gasteiger partial charge in [-0.1, -0.05) is 0 Å². The van der Waals surface area contributed by atoms with Gasteiger partial charge in [0.1, 0.15) is 0 Å². The average Bonchev–Trinajstić information content (AvgIpc) is 2.19. The van der Waals surface area contributed by atoms with Crippen LogP contribution < -0.4 is 7.67 Å². The topological polar surface area (TPSA) is 29.1 Å². The molecule has 4 heteroatoms. The van der Waals surface area contributed by atoms with Crippen molar-refractivity contribution in [3.05, 3.63) is 30.3 Å². The van der Waals surface area contributed by atoms with Gasteiger partial charge in [-0.15, -0.1) is 0 Å². The Morgan fingerprint density at radius 1 is 1.43 bits per heavy atom. The van der Waals surface area contributed by atoms with E-state index in [1.54, 1.807) is 0 Å². The van der Waals surface area contributed by atoms with E-state index in [4.69, 9.17) is 11.6 Å². The van der Waals surface area contributed by atoms with Gasteiger partial charge in [-0.05, 0) is 0 Å². The Labute approximate surface area is 95.8 Å². The van der Waals surface area contributed by atoms with Crippen LogP contribution in [0.2, 0.25) is 5.23 Å². The van der Waals surface area contributed by atoms with Crippen LogP contribution in [0.3, 0.4) is 0 Å². The second kappa shape index (κ2) is 6.23. The van der Waals surface area contributed by atoms with E-state index in [-0.39, 0.29) is 5.91 Å². The molecule has 0 spiro atoms. The van der Waals surface area contributed by atoms with E-state index in [0.29, 0.717) is 12.3 Å². The van der Waals surface area contributed by atoms with Gasteiger partial charge in [0.05, 0.1) is 0 Å². The number of rotatable bonds is 4. The number of hydrogen-bond donors (Lipinski definition) is 1. The Balaban J connectivity index is 2.50. The van der Waals surface area contributed by atoms with Gasteiger partial charge in [-0.3, -0.25) is 0 Å². The quantitative estimate of drug-likeness (QED) is 0.635. The van der Waals surface area contributed by atoms with Crippen LogP contribution in [-0.2, 0) is 22.9 Å². The third-order valence-corrected chi connectivity index (χ3v) is 4.94. The minimum atomic E-state index is -1.58. The SMILES string of the molecule is [CH3][Ti]([NH]C(=O)CCCl)[c]1ccccc1. The Hall–Kier alpha value is -0.306. The van der Waals surface area contributed by atoms with Crippen LogP contribution in [0.25, 0.3) is 0 Å². The van der Waals surface area contributed by atoms with Crippen molar-refractivity contribution in [2.24, 2.45) is 0 Å². The molecule has 0 saturated carbocycles.